The average Bonchev–Trinajstić information content (AvgIpc) is 2.85. The van der Waals surface area contributed by atoms with Gasteiger partial charge in [-0.05, 0) is 31.9 Å². The summed E-state index contributed by atoms with van der Waals surface area (Å²) in [6, 6.07) is 5.94. The van der Waals surface area contributed by atoms with Crippen LogP contribution in [-0.2, 0) is 6.54 Å². The van der Waals surface area contributed by atoms with Gasteiger partial charge in [0, 0.05) is 26.7 Å². The molecule has 21 heavy (non-hydrogen) atoms. The predicted molar refractivity (Wildman–Crippen MR) is 85.3 cm³/mol. The Kier molecular flexibility index (Phi) is 4.96. The maximum Gasteiger partial charge on any atom is 0.255 e. The van der Waals surface area contributed by atoms with Crippen LogP contribution in [0.5, 0.6) is 0 Å². The number of amides is 1. The quantitative estimate of drug-likeness (QED) is 0.829. The second kappa shape index (κ2) is 6.72. The summed E-state index contributed by atoms with van der Waals surface area (Å²) < 4.78 is 2.08. The Morgan fingerprint density at radius 1 is 1.38 bits per heavy atom. The van der Waals surface area contributed by atoms with E-state index in [1.165, 1.54) is 0 Å². The summed E-state index contributed by atoms with van der Waals surface area (Å²) in [5, 5.41) is 0. The largest absolute Gasteiger partial charge is 0.345 e. The molecule has 2 aromatic rings. The zero-order valence-corrected chi connectivity index (χ0v) is 13.0. The lowest BCUT2D eigenvalue weighted by Crippen LogP contribution is -2.22. The topological polar surface area (TPSA) is 64.2 Å². The number of aryl methyl sites for hydroxylation is 1. The summed E-state index contributed by atoms with van der Waals surface area (Å²) in [5.41, 5.74) is 8.28. The molecule has 1 amide bonds. The molecule has 0 saturated carbocycles. The first-order valence-corrected chi connectivity index (χ1v) is 7.41. The summed E-state index contributed by atoms with van der Waals surface area (Å²) in [7, 11) is 3.54. The maximum atomic E-state index is 12.3. The molecular weight excluding hydrogens is 264 g/mol. The van der Waals surface area contributed by atoms with E-state index in [0.29, 0.717) is 5.56 Å². The first-order valence-electron chi connectivity index (χ1n) is 7.41. The van der Waals surface area contributed by atoms with E-state index in [-0.39, 0.29) is 11.9 Å². The fourth-order valence-corrected chi connectivity index (χ4v) is 2.46. The lowest BCUT2D eigenvalue weighted by atomic mass is 10.1. The molecule has 5 nitrogen and oxygen atoms in total. The molecule has 0 aliphatic heterocycles. The number of benzene rings is 1. The molecule has 1 atom stereocenters. The Morgan fingerprint density at radius 2 is 2.14 bits per heavy atom. The van der Waals surface area contributed by atoms with E-state index in [9.17, 15) is 4.79 Å². The summed E-state index contributed by atoms with van der Waals surface area (Å²) in [6.45, 7) is 2.89. The molecule has 1 aromatic carbocycles. The Labute approximate surface area is 125 Å². The van der Waals surface area contributed by atoms with Crippen LogP contribution in [-0.4, -0.2) is 40.5 Å². The predicted octanol–water partition coefficient (Wildman–Crippen LogP) is 2.26. The summed E-state index contributed by atoms with van der Waals surface area (Å²) in [6.07, 6.45) is 4.97. The van der Waals surface area contributed by atoms with Crippen LogP contribution >= 0.6 is 0 Å². The van der Waals surface area contributed by atoms with Gasteiger partial charge in [-0.25, -0.2) is 4.98 Å². The number of rotatable bonds is 6. The summed E-state index contributed by atoms with van der Waals surface area (Å²) in [4.78, 5) is 18.3. The number of aromatic nitrogens is 2. The van der Waals surface area contributed by atoms with Gasteiger partial charge in [-0.1, -0.05) is 12.5 Å². The van der Waals surface area contributed by atoms with Crippen molar-refractivity contribution in [3.05, 3.63) is 30.1 Å². The maximum absolute atomic E-state index is 12.3. The molecule has 2 rings (SSSR count). The normalized spacial score (nSPS) is 12.6. The van der Waals surface area contributed by atoms with Crippen LogP contribution in [0.25, 0.3) is 11.0 Å². The van der Waals surface area contributed by atoms with Crippen LogP contribution in [0.3, 0.4) is 0 Å². The zero-order chi connectivity index (χ0) is 15.4. The Bertz CT molecular complexity index is 616. The van der Waals surface area contributed by atoms with Crippen molar-refractivity contribution in [1.82, 2.24) is 14.5 Å². The molecule has 0 radical (unpaired) electrons. The molecular formula is C16H24N4O. The fraction of sp³-hybridized carbons (Fsp3) is 0.500. The lowest BCUT2D eigenvalue weighted by molar-refractivity contribution is 0.0829. The van der Waals surface area contributed by atoms with Gasteiger partial charge in [-0.2, -0.15) is 0 Å². The minimum Gasteiger partial charge on any atom is -0.345 e. The number of para-hydroxylation sites is 1. The van der Waals surface area contributed by atoms with Gasteiger partial charge in [0.1, 0.15) is 0 Å². The first-order chi connectivity index (χ1) is 10.0. The smallest absolute Gasteiger partial charge is 0.255 e. The van der Waals surface area contributed by atoms with Crippen molar-refractivity contribution in [3.8, 4) is 0 Å². The molecule has 0 bridgehead atoms. The molecule has 114 valence electrons. The van der Waals surface area contributed by atoms with Crippen LogP contribution in [0.4, 0.5) is 0 Å². The van der Waals surface area contributed by atoms with Gasteiger partial charge in [-0.3, -0.25) is 4.79 Å². The average molecular weight is 288 g/mol. The van der Waals surface area contributed by atoms with Crippen LogP contribution < -0.4 is 5.73 Å². The second-order valence-corrected chi connectivity index (χ2v) is 5.78. The highest BCUT2D eigenvalue weighted by atomic mass is 16.2. The fourth-order valence-electron chi connectivity index (χ4n) is 2.46. The van der Waals surface area contributed by atoms with Crippen LogP contribution in [0.1, 0.15) is 36.5 Å². The third-order valence-electron chi connectivity index (χ3n) is 3.58. The van der Waals surface area contributed by atoms with Gasteiger partial charge in [-0.15, -0.1) is 0 Å². The van der Waals surface area contributed by atoms with Gasteiger partial charge in [0.15, 0.2) is 0 Å². The molecule has 5 heteroatoms. The lowest BCUT2D eigenvalue weighted by Gasteiger charge is -2.13. The minimum atomic E-state index is 0.0120. The summed E-state index contributed by atoms with van der Waals surface area (Å²) >= 11 is 0. The Hall–Kier alpha value is -1.88. The number of imidazole rings is 1. The van der Waals surface area contributed by atoms with Crippen molar-refractivity contribution in [3.63, 3.8) is 0 Å². The minimum absolute atomic E-state index is 0.0120. The number of hydrogen-bond acceptors (Lipinski definition) is 3. The second-order valence-electron chi connectivity index (χ2n) is 5.78. The Morgan fingerprint density at radius 3 is 2.81 bits per heavy atom. The van der Waals surface area contributed by atoms with Crippen molar-refractivity contribution < 1.29 is 4.79 Å². The molecule has 0 aliphatic rings. The van der Waals surface area contributed by atoms with Crippen molar-refractivity contribution >= 4 is 16.9 Å². The number of nitrogens with two attached hydrogens (primary N) is 1. The zero-order valence-electron chi connectivity index (χ0n) is 13.0. The van der Waals surface area contributed by atoms with Crippen molar-refractivity contribution in [2.24, 2.45) is 5.73 Å². The van der Waals surface area contributed by atoms with E-state index in [1.807, 2.05) is 31.5 Å². The molecule has 0 fully saturated rings. The number of nitrogens with zero attached hydrogens (tertiary/aromatic N) is 3. The van der Waals surface area contributed by atoms with E-state index in [0.717, 1.165) is 36.8 Å². The highest BCUT2D eigenvalue weighted by Gasteiger charge is 2.15. The number of unbranched alkanes of at least 4 members (excludes halogenated alkanes) is 1. The first kappa shape index (κ1) is 15.5. The highest BCUT2D eigenvalue weighted by Crippen LogP contribution is 2.20. The van der Waals surface area contributed by atoms with E-state index in [2.05, 4.69) is 9.55 Å². The van der Waals surface area contributed by atoms with Gasteiger partial charge in [0.25, 0.3) is 5.91 Å². The summed E-state index contributed by atoms with van der Waals surface area (Å²) in [5.74, 6) is 0.0120. The highest BCUT2D eigenvalue weighted by molar-refractivity contribution is 6.04. The van der Waals surface area contributed by atoms with Crippen molar-refractivity contribution in [2.75, 3.05) is 14.1 Å². The standard InChI is InChI=1S/C16H24N4O/c1-12(17)7-4-5-10-20-11-18-14-9-6-8-13(15(14)20)16(21)19(2)3/h6,8-9,11-12H,4-5,7,10,17H2,1-3H3. The number of fused-ring (bicyclic) bond motifs is 1. The van der Waals surface area contributed by atoms with E-state index >= 15 is 0 Å². The van der Waals surface area contributed by atoms with Crippen molar-refractivity contribution in [1.29, 1.82) is 0 Å². The van der Waals surface area contributed by atoms with E-state index in [4.69, 9.17) is 5.73 Å². The van der Waals surface area contributed by atoms with E-state index < -0.39 is 0 Å². The molecule has 1 unspecified atom stereocenters. The van der Waals surface area contributed by atoms with E-state index in [1.54, 1.807) is 19.0 Å². The monoisotopic (exact) mass is 288 g/mol. The molecule has 0 aliphatic carbocycles. The molecule has 0 saturated heterocycles. The Balaban J connectivity index is 2.22. The van der Waals surface area contributed by atoms with Gasteiger partial charge >= 0.3 is 0 Å². The van der Waals surface area contributed by atoms with Crippen LogP contribution in [0, 0.1) is 0 Å². The third-order valence-corrected chi connectivity index (χ3v) is 3.58. The van der Waals surface area contributed by atoms with Crippen LogP contribution in [0.2, 0.25) is 0 Å². The number of carbonyl (C=O) groups is 1. The molecule has 1 heterocycles. The number of hydrogen-bond donors (Lipinski definition) is 1. The van der Waals surface area contributed by atoms with Gasteiger partial charge < -0.3 is 15.2 Å². The SMILES string of the molecule is CC(N)CCCCn1cnc2cccc(C(=O)N(C)C)c21. The molecule has 2 N–H and O–H groups in total. The number of carbonyl (C=O) groups excluding carboxylic acids is 1. The van der Waals surface area contributed by atoms with Gasteiger partial charge in [0.2, 0.25) is 0 Å². The molecule has 1 aromatic heterocycles. The van der Waals surface area contributed by atoms with Crippen LogP contribution in [0.15, 0.2) is 24.5 Å². The molecule has 0 spiro atoms. The third kappa shape index (κ3) is 3.61. The van der Waals surface area contributed by atoms with Crippen molar-refractivity contribution in [2.45, 2.75) is 38.8 Å². The van der Waals surface area contributed by atoms with Gasteiger partial charge in [0.05, 0.1) is 22.9 Å².